The van der Waals surface area contributed by atoms with Crippen LogP contribution in [0.3, 0.4) is 0 Å². The van der Waals surface area contributed by atoms with Crippen molar-refractivity contribution in [2.45, 2.75) is 26.2 Å². The fourth-order valence-electron chi connectivity index (χ4n) is 2.56. The van der Waals surface area contributed by atoms with Crippen molar-refractivity contribution in [2.75, 3.05) is 13.1 Å². The summed E-state index contributed by atoms with van der Waals surface area (Å²) in [7, 11) is 0. The number of carbonyl (C=O) groups excluding carboxylic acids is 1. The third-order valence-corrected chi connectivity index (χ3v) is 5.24. The fraction of sp³-hybridized carbons (Fsp3) is 0.389. The summed E-state index contributed by atoms with van der Waals surface area (Å²) in [5.41, 5.74) is 1.07. The lowest BCUT2D eigenvalue weighted by molar-refractivity contribution is 0.0752. The van der Waals surface area contributed by atoms with Crippen molar-refractivity contribution in [2.24, 2.45) is 5.92 Å². The predicted molar refractivity (Wildman–Crippen MR) is 93.7 cm³/mol. The lowest BCUT2D eigenvalue weighted by atomic mass is 10.2. The average molecular weight is 334 g/mol. The van der Waals surface area contributed by atoms with Gasteiger partial charge in [-0.25, -0.2) is 0 Å². The monoisotopic (exact) mass is 333 g/mol. The normalized spacial score (nSPS) is 14.1. The molecule has 0 spiro atoms. The Hall–Kier alpha value is -1.32. The zero-order valence-electron chi connectivity index (χ0n) is 12.7. The molecular formula is C18H20ClNOS. The molecule has 1 aliphatic carbocycles. The minimum absolute atomic E-state index is 0.173. The molecule has 1 heterocycles. The fourth-order valence-corrected chi connectivity index (χ4v) is 3.72. The lowest BCUT2D eigenvalue weighted by Gasteiger charge is -2.21. The van der Waals surface area contributed by atoms with E-state index in [-0.39, 0.29) is 5.91 Å². The number of amides is 1. The summed E-state index contributed by atoms with van der Waals surface area (Å²) in [4.78, 5) is 16.7. The third kappa shape index (κ3) is 3.71. The summed E-state index contributed by atoms with van der Waals surface area (Å²) < 4.78 is 0. The molecule has 22 heavy (non-hydrogen) atoms. The van der Waals surface area contributed by atoms with Crippen LogP contribution in [-0.4, -0.2) is 23.9 Å². The van der Waals surface area contributed by atoms with Gasteiger partial charge in [-0.15, -0.1) is 11.3 Å². The summed E-state index contributed by atoms with van der Waals surface area (Å²) >= 11 is 7.60. The lowest BCUT2D eigenvalue weighted by Crippen LogP contribution is -2.33. The number of hydrogen-bond acceptors (Lipinski definition) is 2. The second-order valence-electron chi connectivity index (χ2n) is 5.87. The number of thiophene rings is 1. The molecule has 3 rings (SSSR count). The van der Waals surface area contributed by atoms with Gasteiger partial charge in [0.25, 0.3) is 5.91 Å². The van der Waals surface area contributed by atoms with E-state index in [1.54, 1.807) is 11.3 Å². The molecule has 0 atom stereocenters. The number of carbonyl (C=O) groups is 1. The van der Waals surface area contributed by atoms with Gasteiger partial charge in [-0.2, -0.15) is 0 Å². The Labute approximate surface area is 140 Å². The maximum atomic E-state index is 12.7. The molecule has 0 aliphatic heterocycles. The molecule has 0 unspecified atom stereocenters. The van der Waals surface area contributed by atoms with Crippen molar-refractivity contribution < 1.29 is 4.79 Å². The second-order valence-corrected chi connectivity index (χ2v) is 7.39. The highest BCUT2D eigenvalue weighted by atomic mass is 35.5. The molecule has 116 valence electrons. The Morgan fingerprint density at radius 1 is 1.32 bits per heavy atom. The number of nitrogens with zero attached hydrogens (tertiary/aromatic N) is 1. The van der Waals surface area contributed by atoms with E-state index in [1.807, 2.05) is 41.3 Å². The van der Waals surface area contributed by atoms with Crippen LogP contribution in [-0.2, 0) is 0 Å². The van der Waals surface area contributed by atoms with Gasteiger partial charge in [-0.1, -0.05) is 30.7 Å². The summed E-state index contributed by atoms with van der Waals surface area (Å²) in [5, 5.41) is 0.722. The molecule has 1 aliphatic rings. The number of halogens is 1. The maximum absolute atomic E-state index is 12.7. The van der Waals surface area contributed by atoms with Crippen molar-refractivity contribution in [1.29, 1.82) is 0 Å². The molecule has 0 N–H and O–H groups in total. The van der Waals surface area contributed by atoms with Crippen LogP contribution in [0, 0.1) is 5.92 Å². The molecule has 1 amide bonds. The molecule has 0 saturated heterocycles. The second kappa shape index (κ2) is 6.84. The van der Waals surface area contributed by atoms with Gasteiger partial charge < -0.3 is 4.90 Å². The largest absolute Gasteiger partial charge is 0.338 e. The predicted octanol–water partition coefficient (Wildman–Crippen LogP) is 5.33. The standard InChI is InChI=1S/C18H20ClNOS/c1-2-10-20(12-13-6-7-13)18(21)17-9-8-16(22-17)14-4-3-5-15(19)11-14/h3-5,8-9,11,13H,2,6-7,10,12H2,1H3. The number of hydrogen-bond donors (Lipinski definition) is 0. The Kier molecular flexibility index (Phi) is 4.84. The Bertz CT molecular complexity index is 663. The van der Waals surface area contributed by atoms with E-state index in [2.05, 4.69) is 6.92 Å². The molecule has 1 saturated carbocycles. The van der Waals surface area contributed by atoms with Gasteiger partial charge in [0.1, 0.15) is 0 Å². The Morgan fingerprint density at radius 2 is 2.14 bits per heavy atom. The van der Waals surface area contributed by atoms with Gasteiger partial charge in [0.05, 0.1) is 4.88 Å². The zero-order valence-corrected chi connectivity index (χ0v) is 14.3. The van der Waals surface area contributed by atoms with Crippen molar-refractivity contribution in [3.05, 3.63) is 46.3 Å². The quantitative estimate of drug-likeness (QED) is 0.699. The van der Waals surface area contributed by atoms with Crippen LogP contribution in [0.15, 0.2) is 36.4 Å². The molecule has 1 aromatic carbocycles. The molecule has 2 nitrogen and oxygen atoms in total. The average Bonchev–Trinajstić information content (AvgIpc) is 3.19. The first kappa shape index (κ1) is 15.6. The van der Waals surface area contributed by atoms with Crippen molar-refractivity contribution in [3.8, 4) is 10.4 Å². The summed E-state index contributed by atoms with van der Waals surface area (Å²) in [6.07, 6.45) is 3.54. The molecule has 1 fully saturated rings. The van der Waals surface area contributed by atoms with Crippen LogP contribution in [0.5, 0.6) is 0 Å². The van der Waals surface area contributed by atoms with Gasteiger partial charge in [-0.05, 0) is 55.0 Å². The van der Waals surface area contributed by atoms with E-state index < -0.39 is 0 Å². The molecule has 1 aromatic heterocycles. The van der Waals surface area contributed by atoms with Crippen LogP contribution in [0.1, 0.15) is 35.9 Å². The highest BCUT2D eigenvalue weighted by molar-refractivity contribution is 7.17. The van der Waals surface area contributed by atoms with Crippen LogP contribution in [0.25, 0.3) is 10.4 Å². The van der Waals surface area contributed by atoms with E-state index in [1.165, 1.54) is 12.8 Å². The number of benzene rings is 1. The van der Waals surface area contributed by atoms with E-state index in [9.17, 15) is 4.79 Å². The van der Waals surface area contributed by atoms with Crippen LogP contribution >= 0.6 is 22.9 Å². The molecular weight excluding hydrogens is 314 g/mol. The van der Waals surface area contributed by atoms with Crippen molar-refractivity contribution >= 4 is 28.8 Å². The minimum Gasteiger partial charge on any atom is -0.338 e. The topological polar surface area (TPSA) is 20.3 Å². The first-order valence-electron chi connectivity index (χ1n) is 7.82. The van der Waals surface area contributed by atoms with Crippen molar-refractivity contribution in [1.82, 2.24) is 4.90 Å². The minimum atomic E-state index is 0.173. The van der Waals surface area contributed by atoms with E-state index >= 15 is 0 Å². The van der Waals surface area contributed by atoms with Crippen LogP contribution in [0.4, 0.5) is 0 Å². The van der Waals surface area contributed by atoms with Crippen molar-refractivity contribution in [3.63, 3.8) is 0 Å². The highest BCUT2D eigenvalue weighted by Gasteiger charge is 2.27. The molecule has 4 heteroatoms. The third-order valence-electron chi connectivity index (χ3n) is 3.88. The zero-order chi connectivity index (χ0) is 15.5. The highest BCUT2D eigenvalue weighted by Crippen LogP contribution is 2.33. The van der Waals surface area contributed by atoms with Gasteiger partial charge in [-0.3, -0.25) is 4.79 Å². The van der Waals surface area contributed by atoms with Crippen LogP contribution < -0.4 is 0 Å². The van der Waals surface area contributed by atoms with E-state index in [0.717, 1.165) is 45.8 Å². The molecule has 0 bridgehead atoms. The van der Waals surface area contributed by atoms with Gasteiger partial charge in [0.2, 0.25) is 0 Å². The summed E-state index contributed by atoms with van der Waals surface area (Å²) in [6, 6.07) is 11.7. The van der Waals surface area contributed by atoms with Crippen LogP contribution in [0.2, 0.25) is 5.02 Å². The van der Waals surface area contributed by atoms with Gasteiger partial charge in [0.15, 0.2) is 0 Å². The maximum Gasteiger partial charge on any atom is 0.263 e. The molecule has 0 radical (unpaired) electrons. The van der Waals surface area contributed by atoms with Gasteiger partial charge >= 0.3 is 0 Å². The van der Waals surface area contributed by atoms with E-state index in [4.69, 9.17) is 11.6 Å². The first-order valence-corrected chi connectivity index (χ1v) is 9.02. The smallest absolute Gasteiger partial charge is 0.263 e. The summed E-state index contributed by atoms with van der Waals surface area (Å²) in [5.74, 6) is 0.898. The summed E-state index contributed by atoms with van der Waals surface area (Å²) in [6.45, 7) is 3.88. The SMILES string of the molecule is CCCN(CC1CC1)C(=O)c1ccc(-c2cccc(Cl)c2)s1. The first-order chi connectivity index (χ1) is 10.7. The van der Waals surface area contributed by atoms with Gasteiger partial charge in [0, 0.05) is 23.0 Å². The number of rotatable bonds is 6. The molecule has 2 aromatic rings. The Morgan fingerprint density at radius 3 is 2.82 bits per heavy atom. The Balaban J connectivity index is 1.77. The van der Waals surface area contributed by atoms with E-state index in [0.29, 0.717) is 0 Å².